The van der Waals surface area contributed by atoms with Gasteiger partial charge in [-0.05, 0) is 35.8 Å². The molecule has 0 unspecified atom stereocenters. The number of fused-ring (bicyclic) bond motifs is 1. The first-order valence-corrected chi connectivity index (χ1v) is 12.6. The average molecular weight is 526 g/mol. The van der Waals surface area contributed by atoms with Gasteiger partial charge in [0.25, 0.3) is 5.91 Å². The Morgan fingerprint density at radius 1 is 0.810 bits per heavy atom. The molecule has 1 fully saturated rings. The van der Waals surface area contributed by atoms with E-state index in [1.54, 1.807) is 12.4 Å². The van der Waals surface area contributed by atoms with Gasteiger partial charge in [0.2, 0.25) is 5.95 Å². The van der Waals surface area contributed by atoms with Crippen LogP contribution in [0.5, 0.6) is 0 Å². The van der Waals surface area contributed by atoms with Crippen LogP contribution in [0.25, 0.3) is 22.2 Å². The van der Waals surface area contributed by atoms with Gasteiger partial charge in [-0.15, -0.1) is 15.6 Å². The third kappa shape index (κ3) is 4.22. The molecule has 0 bridgehead atoms. The first kappa shape index (κ1) is 30.3. The molecule has 0 atom stereocenters. The minimum Gasteiger partial charge on any atom is -0.382 e. The lowest BCUT2D eigenvalue weighted by Crippen LogP contribution is -2.81. The number of hydrogen-bond acceptors (Lipinski definition) is 6. The fourth-order valence-corrected chi connectivity index (χ4v) is 4.93. The molecular formula is C24H15B10N7O. The van der Waals surface area contributed by atoms with Crippen molar-refractivity contribution < 1.29 is 4.79 Å². The zero-order chi connectivity index (χ0) is 31.0. The van der Waals surface area contributed by atoms with Gasteiger partial charge >= 0.3 is 0 Å². The Balaban J connectivity index is 1.48. The van der Waals surface area contributed by atoms with Gasteiger partial charge in [-0.3, -0.25) is 10.1 Å². The molecule has 1 aromatic carbocycles. The van der Waals surface area contributed by atoms with Crippen LogP contribution in [-0.4, -0.2) is 120 Å². The Kier molecular flexibility index (Phi) is 6.98. The van der Waals surface area contributed by atoms with E-state index in [0.717, 1.165) is 27.4 Å². The van der Waals surface area contributed by atoms with Gasteiger partial charge in [-0.25, -0.2) is 19.9 Å². The third-order valence-corrected chi connectivity index (χ3v) is 8.00. The molecule has 20 radical (unpaired) electrons. The number of aryl methyl sites for hydroxylation is 1. The summed E-state index contributed by atoms with van der Waals surface area (Å²) in [6.45, 7) is 1.91. The lowest BCUT2D eigenvalue weighted by atomic mass is 9.05. The highest BCUT2D eigenvalue weighted by Gasteiger charge is 2.64. The number of carbonyl (C=O) groups excluding carboxylic acids is 1. The summed E-state index contributed by atoms with van der Waals surface area (Å²) in [7, 11) is 64.2. The van der Waals surface area contributed by atoms with Crippen molar-refractivity contribution in [3.8, 4) is 11.3 Å². The number of amides is 1. The first-order chi connectivity index (χ1) is 19.3. The van der Waals surface area contributed by atoms with E-state index >= 15 is 0 Å². The number of hydrogen-bond donors (Lipinski definition) is 1. The Bertz CT molecular complexity index is 1690. The molecule has 3 aromatic heterocycles. The number of piperidine rings is 1. The van der Waals surface area contributed by atoms with Gasteiger partial charge in [-0.2, -0.15) is 0 Å². The zero-order valence-electron chi connectivity index (χ0n) is 23.0. The lowest BCUT2D eigenvalue weighted by molar-refractivity contribution is 0.102. The minimum atomic E-state index is -2.38. The number of aromatic nitrogens is 5. The number of imidazole rings is 1. The second-order valence-corrected chi connectivity index (χ2v) is 10.7. The minimum absolute atomic E-state index is 0.0445. The van der Waals surface area contributed by atoms with Crippen molar-refractivity contribution >= 4 is 107 Å². The second-order valence-electron chi connectivity index (χ2n) is 10.7. The van der Waals surface area contributed by atoms with Crippen LogP contribution in [0, 0.1) is 6.92 Å². The van der Waals surface area contributed by atoms with Gasteiger partial charge in [0.1, 0.15) is 11.6 Å². The smallest absolute Gasteiger partial charge is 0.258 e. The molecule has 4 heterocycles. The topological polar surface area (TPSA) is 88.8 Å². The summed E-state index contributed by atoms with van der Waals surface area (Å²) in [6.07, 6.45) is 4.64. The maximum atomic E-state index is 13.3. The fraction of sp³-hybridized carbons (Fsp3) is 0.292. The van der Waals surface area contributed by atoms with E-state index in [4.69, 9.17) is 78.5 Å². The van der Waals surface area contributed by atoms with Crippen molar-refractivity contribution in [1.82, 2.24) is 24.5 Å². The standard InChI is InChI=1S/C24H15B10N7O/c1-11-36-10-16(40(11)2)12-3-4-14-9-37-19(38-15(14)7-12)39-18(42)13-5-6-35-17(8-13)41-23(31,32)21(27,28)20(25,26)22(29,30)24(41,33)34/h3-10H,1-2H3,(H,37,38,39,42). The highest BCUT2D eigenvalue weighted by Crippen LogP contribution is 2.69. The summed E-state index contributed by atoms with van der Waals surface area (Å²) in [5.41, 5.74) is 2.47. The maximum absolute atomic E-state index is 13.3. The number of anilines is 2. The largest absolute Gasteiger partial charge is 0.382 e. The Morgan fingerprint density at radius 2 is 1.45 bits per heavy atom. The van der Waals surface area contributed by atoms with Gasteiger partial charge in [0.05, 0.1) is 95.9 Å². The molecule has 4 aromatic rings. The van der Waals surface area contributed by atoms with Crippen molar-refractivity contribution in [1.29, 1.82) is 0 Å². The van der Waals surface area contributed by atoms with Crippen LogP contribution in [0.1, 0.15) is 16.2 Å². The van der Waals surface area contributed by atoms with Crippen LogP contribution in [-0.2, 0) is 7.05 Å². The van der Waals surface area contributed by atoms with Crippen LogP contribution in [0.2, 0.25) is 15.6 Å². The van der Waals surface area contributed by atoms with Crippen molar-refractivity contribution in [2.24, 2.45) is 7.05 Å². The summed E-state index contributed by atoms with van der Waals surface area (Å²) >= 11 is 0. The maximum Gasteiger partial charge on any atom is 0.258 e. The summed E-state index contributed by atoms with van der Waals surface area (Å²) in [5, 5.41) is -8.44. The molecular weight excluding hydrogens is 510 g/mol. The molecule has 1 saturated heterocycles. The summed E-state index contributed by atoms with van der Waals surface area (Å²) in [6, 6.07) is 8.38. The van der Waals surface area contributed by atoms with Crippen LogP contribution in [0.4, 0.5) is 11.8 Å². The quantitative estimate of drug-likeness (QED) is 0.349. The molecule has 0 spiro atoms. The van der Waals surface area contributed by atoms with Crippen LogP contribution in [0.15, 0.2) is 48.9 Å². The van der Waals surface area contributed by atoms with Crippen molar-refractivity contribution in [3.63, 3.8) is 0 Å². The van der Waals surface area contributed by atoms with Crippen molar-refractivity contribution in [3.05, 3.63) is 60.3 Å². The number of pyridine rings is 1. The van der Waals surface area contributed by atoms with E-state index in [-0.39, 0.29) is 17.3 Å². The second kappa shape index (κ2) is 9.68. The molecule has 18 heteroatoms. The normalized spacial score (nSPS) is 19.7. The molecule has 5 rings (SSSR count). The van der Waals surface area contributed by atoms with Gasteiger partial charge in [0, 0.05) is 36.0 Å². The molecule has 42 heavy (non-hydrogen) atoms. The predicted molar refractivity (Wildman–Crippen MR) is 172 cm³/mol. The monoisotopic (exact) mass is 527 g/mol. The van der Waals surface area contributed by atoms with E-state index in [2.05, 4.69) is 25.3 Å². The Morgan fingerprint density at radius 3 is 2.05 bits per heavy atom. The van der Waals surface area contributed by atoms with Gasteiger partial charge < -0.3 is 9.47 Å². The predicted octanol–water partition coefficient (Wildman–Crippen LogP) is -0.853. The molecule has 0 saturated carbocycles. The molecule has 1 aliphatic rings. The van der Waals surface area contributed by atoms with E-state index in [0.29, 0.717) is 5.52 Å². The molecule has 8 nitrogen and oxygen atoms in total. The highest BCUT2D eigenvalue weighted by molar-refractivity contribution is 6.71. The number of nitrogens with one attached hydrogen (secondary N) is 1. The summed E-state index contributed by atoms with van der Waals surface area (Å²) in [5.74, 6) is 0.146. The summed E-state index contributed by atoms with van der Waals surface area (Å²) < 4.78 is 1.96. The van der Waals surface area contributed by atoms with E-state index < -0.39 is 32.2 Å². The molecule has 1 aliphatic heterocycles. The average Bonchev–Trinajstić information content (AvgIpc) is 3.25. The first-order valence-electron chi connectivity index (χ1n) is 12.6. The Hall–Kier alpha value is -3.16. The third-order valence-electron chi connectivity index (χ3n) is 8.00. The zero-order valence-corrected chi connectivity index (χ0v) is 23.0. The van der Waals surface area contributed by atoms with Crippen molar-refractivity contribution in [2.45, 2.75) is 33.2 Å². The number of rotatable bonds is 4. The number of carbonyl (C=O) groups is 1. The number of benzene rings is 1. The SMILES string of the molecule is [B]C1([B])N(c2cc(C(=O)Nc3ncc4ccc(-c5cnc(C)n5C)cc4n3)ccn2)C([B])([B])C([B])([B])C([B])([B])C1([B])[B]. The molecule has 182 valence electrons. The van der Waals surface area contributed by atoms with Gasteiger partial charge in [-0.1, -0.05) is 12.1 Å². The Labute approximate surface area is 257 Å². The van der Waals surface area contributed by atoms with E-state index in [1.165, 1.54) is 18.3 Å². The number of nitrogens with zero attached hydrogens (tertiary/aromatic N) is 6. The summed E-state index contributed by atoms with van der Waals surface area (Å²) in [4.78, 5) is 31.5. The molecule has 1 amide bonds. The molecule has 1 N–H and O–H groups in total. The fourth-order valence-electron chi connectivity index (χ4n) is 4.93. The highest BCUT2D eigenvalue weighted by atomic mass is 16.1. The van der Waals surface area contributed by atoms with Gasteiger partial charge in [0.15, 0.2) is 0 Å². The lowest BCUT2D eigenvalue weighted by Gasteiger charge is -2.79. The van der Waals surface area contributed by atoms with E-state index in [9.17, 15) is 4.79 Å². The van der Waals surface area contributed by atoms with Crippen LogP contribution >= 0.6 is 0 Å². The van der Waals surface area contributed by atoms with Crippen LogP contribution in [0.3, 0.4) is 0 Å². The van der Waals surface area contributed by atoms with Crippen molar-refractivity contribution in [2.75, 3.05) is 10.2 Å². The molecule has 0 aliphatic carbocycles. The van der Waals surface area contributed by atoms with E-state index in [1.807, 2.05) is 36.7 Å². The van der Waals surface area contributed by atoms with Crippen LogP contribution < -0.4 is 10.2 Å².